The number of carboxylic acids is 1. The second kappa shape index (κ2) is 5.40. The van der Waals surface area contributed by atoms with Gasteiger partial charge in [-0.25, -0.2) is 17.6 Å². The minimum Gasteiger partial charge on any atom is -0.478 e. The van der Waals surface area contributed by atoms with E-state index in [0.717, 1.165) is 37.7 Å². The van der Waals surface area contributed by atoms with Crippen molar-refractivity contribution in [1.82, 2.24) is 0 Å². The average molecular weight is 301 g/mol. The Bertz CT molecular complexity index is 636. The van der Waals surface area contributed by atoms with E-state index in [1.54, 1.807) is 4.90 Å². The van der Waals surface area contributed by atoms with Gasteiger partial charge in [0.25, 0.3) is 0 Å². The SMILES string of the molecule is CS(=O)(=O)c1cc(C(=O)O)c(F)cc1N1CCCCC1. The van der Waals surface area contributed by atoms with Gasteiger partial charge >= 0.3 is 5.97 Å². The highest BCUT2D eigenvalue weighted by atomic mass is 32.2. The van der Waals surface area contributed by atoms with Crippen molar-refractivity contribution in [2.24, 2.45) is 0 Å². The van der Waals surface area contributed by atoms with Gasteiger partial charge in [-0.2, -0.15) is 0 Å². The van der Waals surface area contributed by atoms with Crippen molar-refractivity contribution >= 4 is 21.5 Å². The molecule has 0 amide bonds. The molecule has 1 aliphatic rings. The molecule has 5 nitrogen and oxygen atoms in total. The number of nitrogens with zero attached hydrogens (tertiary/aromatic N) is 1. The summed E-state index contributed by atoms with van der Waals surface area (Å²) in [4.78, 5) is 12.6. The van der Waals surface area contributed by atoms with Gasteiger partial charge in [-0.05, 0) is 31.4 Å². The van der Waals surface area contributed by atoms with Crippen LogP contribution in [0.1, 0.15) is 29.6 Å². The Balaban J connectivity index is 2.60. The molecule has 0 spiro atoms. The summed E-state index contributed by atoms with van der Waals surface area (Å²) in [6, 6.07) is 1.93. The Labute approximate surface area is 116 Å². The molecule has 1 fully saturated rings. The van der Waals surface area contributed by atoms with E-state index in [1.165, 1.54) is 0 Å². The molecule has 20 heavy (non-hydrogen) atoms. The lowest BCUT2D eigenvalue weighted by Crippen LogP contribution is -2.31. The Morgan fingerprint density at radius 2 is 1.85 bits per heavy atom. The van der Waals surface area contributed by atoms with Gasteiger partial charge in [0, 0.05) is 19.3 Å². The zero-order chi connectivity index (χ0) is 14.9. The van der Waals surface area contributed by atoms with Crippen molar-refractivity contribution < 1.29 is 22.7 Å². The quantitative estimate of drug-likeness (QED) is 0.863. The summed E-state index contributed by atoms with van der Waals surface area (Å²) in [7, 11) is -3.63. The van der Waals surface area contributed by atoms with Crippen LogP contribution in [-0.2, 0) is 9.84 Å². The highest BCUT2D eigenvalue weighted by Gasteiger charge is 2.24. The molecule has 7 heteroatoms. The summed E-state index contributed by atoms with van der Waals surface area (Å²) in [6.07, 6.45) is 3.87. The monoisotopic (exact) mass is 301 g/mol. The molecule has 0 radical (unpaired) electrons. The predicted octanol–water partition coefficient (Wildman–Crippen LogP) is 1.92. The summed E-state index contributed by atoms with van der Waals surface area (Å²) in [5, 5.41) is 8.91. The first-order valence-corrected chi connectivity index (χ1v) is 8.21. The molecule has 0 unspecified atom stereocenters. The molecular formula is C13H16FNO4S. The number of hydrogen-bond acceptors (Lipinski definition) is 4. The van der Waals surface area contributed by atoms with Gasteiger partial charge in [0.1, 0.15) is 5.82 Å². The number of benzene rings is 1. The Morgan fingerprint density at radius 3 is 2.35 bits per heavy atom. The normalized spacial score (nSPS) is 16.2. The zero-order valence-electron chi connectivity index (χ0n) is 11.1. The topological polar surface area (TPSA) is 74.7 Å². The first-order valence-electron chi connectivity index (χ1n) is 6.32. The molecule has 1 N–H and O–H groups in total. The lowest BCUT2D eigenvalue weighted by Gasteiger charge is -2.30. The van der Waals surface area contributed by atoms with Crippen LogP contribution < -0.4 is 4.90 Å². The molecule has 0 bridgehead atoms. The van der Waals surface area contributed by atoms with Crippen LogP contribution in [0.25, 0.3) is 0 Å². The largest absolute Gasteiger partial charge is 0.478 e. The van der Waals surface area contributed by atoms with E-state index in [0.29, 0.717) is 13.1 Å². The van der Waals surface area contributed by atoms with Gasteiger partial charge in [0.05, 0.1) is 16.1 Å². The van der Waals surface area contributed by atoms with E-state index >= 15 is 0 Å². The van der Waals surface area contributed by atoms with Crippen LogP contribution in [0.5, 0.6) is 0 Å². The van der Waals surface area contributed by atoms with E-state index in [2.05, 4.69) is 0 Å². The van der Waals surface area contributed by atoms with Gasteiger partial charge in [0.2, 0.25) is 0 Å². The van der Waals surface area contributed by atoms with Crippen molar-refractivity contribution in [1.29, 1.82) is 0 Å². The maximum atomic E-state index is 13.8. The highest BCUT2D eigenvalue weighted by molar-refractivity contribution is 7.90. The molecule has 110 valence electrons. The number of halogens is 1. The van der Waals surface area contributed by atoms with Gasteiger partial charge < -0.3 is 10.0 Å². The lowest BCUT2D eigenvalue weighted by molar-refractivity contribution is 0.0691. The molecule has 1 heterocycles. The fraction of sp³-hybridized carbons (Fsp3) is 0.462. The lowest BCUT2D eigenvalue weighted by atomic mass is 10.1. The fourth-order valence-electron chi connectivity index (χ4n) is 2.39. The predicted molar refractivity (Wildman–Crippen MR) is 72.5 cm³/mol. The third kappa shape index (κ3) is 2.92. The first-order chi connectivity index (χ1) is 9.30. The van der Waals surface area contributed by atoms with Gasteiger partial charge in [0.15, 0.2) is 9.84 Å². The minimum absolute atomic E-state index is 0.127. The maximum Gasteiger partial charge on any atom is 0.338 e. The summed E-state index contributed by atoms with van der Waals surface area (Å²) in [6.45, 7) is 1.29. The standard InChI is InChI=1S/C13H16FNO4S/c1-20(18,19)12-7-9(13(16)17)10(14)8-11(12)15-5-3-2-4-6-15/h7-8H,2-6H2,1H3,(H,16,17). The molecule has 0 aliphatic carbocycles. The number of rotatable bonds is 3. The molecule has 1 aliphatic heterocycles. The summed E-state index contributed by atoms with van der Waals surface area (Å²) >= 11 is 0. The van der Waals surface area contributed by atoms with E-state index in [4.69, 9.17) is 5.11 Å². The summed E-state index contributed by atoms with van der Waals surface area (Å²) < 4.78 is 37.5. The van der Waals surface area contributed by atoms with Gasteiger partial charge in [-0.15, -0.1) is 0 Å². The van der Waals surface area contributed by atoms with E-state index < -0.39 is 27.2 Å². The van der Waals surface area contributed by atoms with Gasteiger partial charge in [-0.1, -0.05) is 0 Å². The van der Waals surface area contributed by atoms with Crippen LogP contribution in [-0.4, -0.2) is 38.8 Å². The summed E-state index contributed by atoms with van der Waals surface area (Å²) in [5.41, 5.74) is -0.360. The molecule has 1 saturated heterocycles. The smallest absolute Gasteiger partial charge is 0.338 e. The van der Waals surface area contributed by atoms with Crippen LogP contribution in [0.2, 0.25) is 0 Å². The third-order valence-corrected chi connectivity index (χ3v) is 4.50. The number of carboxylic acid groups (broad SMARTS) is 1. The van der Waals surface area contributed by atoms with Crippen LogP contribution in [0, 0.1) is 5.82 Å². The molecule has 2 rings (SSSR count). The average Bonchev–Trinajstić information content (AvgIpc) is 2.37. The molecule has 0 saturated carbocycles. The molecular weight excluding hydrogens is 285 g/mol. The van der Waals surface area contributed by atoms with Crippen LogP contribution in [0.3, 0.4) is 0 Å². The van der Waals surface area contributed by atoms with Crippen molar-refractivity contribution in [3.8, 4) is 0 Å². The van der Waals surface area contributed by atoms with E-state index in [1.807, 2.05) is 0 Å². The van der Waals surface area contributed by atoms with Crippen molar-refractivity contribution in [3.05, 3.63) is 23.5 Å². The zero-order valence-corrected chi connectivity index (χ0v) is 11.9. The second-order valence-electron chi connectivity index (χ2n) is 4.92. The first kappa shape index (κ1) is 14.8. The van der Waals surface area contributed by atoms with Crippen LogP contribution in [0.15, 0.2) is 17.0 Å². The molecule has 1 aromatic rings. The number of piperidine rings is 1. The number of carbonyl (C=O) groups is 1. The minimum atomic E-state index is -3.63. The Kier molecular flexibility index (Phi) is 3.99. The number of aromatic carboxylic acids is 1. The van der Waals surface area contributed by atoms with Crippen molar-refractivity contribution in [3.63, 3.8) is 0 Å². The summed E-state index contributed by atoms with van der Waals surface area (Å²) in [5.74, 6) is -2.39. The Morgan fingerprint density at radius 1 is 1.25 bits per heavy atom. The fourth-order valence-corrected chi connectivity index (χ4v) is 3.29. The number of sulfone groups is 1. The van der Waals surface area contributed by atoms with Crippen LogP contribution in [0.4, 0.5) is 10.1 Å². The second-order valence-corrected chi connectivity index (χ2v) is 6.91. The maximum absolute atomic E-state index is 13.8. The molecule has 1 aromatic carbocycles. The molecule has 0 atom stereocenters. The van der Waals surface area contributed by atoms with E-state index in [-0.39, 0.29) is 10.6 Å². The number of anilines is 1. The van der Waals surface area contributed by atoms with Crippen LogP contribution >= 0.6 is 0 Å². The van der Waals surface area contributed by atoms with Gasteiger partial charge in [-0.3, -0.25) is 0 Å². The highest BCUT2D eigenvalue weighted by Crippen LogP contribution is 2.30. The number of hydrogen-bond donors (Lipinski definition) is 1. The van der Waals surface area contributed by atoms with Crippen molar-refractivity contribution in [2.75, 3.05) is 24.2 Å². The third-order valence-electron chi connectivity index (χ3n) is 3.38. The van der Waals surface area contributed by atoms with E-state index in [9.17, 15) is 17.6 Å². The Hall–Kier alpha value is -1.63. The molecule has 0 aromatic heterocycles. The van der Waals surface area contributed by atoms with Crippen molar-refractivity contribution in [2.45, 2.75) is 24.2 Å².